The van der Waals surface area contributed by atoms with Crippen LogP contribution >= 0.6 is 11.3 Å². The Labute approximate surface area is 103 Å². The number of aryl methyl sites for hydroxylation is 1. The molecule has 0 spiro atoms. The van der Waals surface area contributed by atoms with Crippen molar-refractivity contribution in [2.45, 2.75) is 52.6 Å². The van der Waals surface area contributed by atoms with Crippen LogP contribution in [0.1, 0.15) is 43.6 Å². The van der Waals surface area contributed by atoms with Crippen molar-refractivity contribution in [3.05, 3.63) is 21.9 Å². The zero-order chi connectivity index (χ0) is 11.5. The second kappa shape index (κ2) is 5.33. The predicted molar refractivity (Wildman–Crippen MR) is 71.9 cm³/mol. The molecule has 0 saturated heterocycles. The van der Waals surface area contributed by atoms with Gasteiger partial charge in [-0.15, -0.1) is 11.3 Å². The van der Waals surface area contributed by atoms with Gasteiger partial charge in [-0.2, -0.15) is 0 Å². The molecule has 0 unspecified atom stereocenters. The maximum Gasteiger partial charge on any atom is 0.0305 e. The standard InChI is InChI=1S/C14H23NS/c1-10-5-4-6-13(12(10)3)15-9-14-11(2)7-8-16-14/h7-8,10,12-13,15H,4-6,9H2,1-3H3/t10-,12-,13+/m1/s1. The highest BCUT2D eigenvalue weighted by molar-refractivity contribution is 7.10. The molecule has 2 rings (SSSR count). The molecule has 1 fully saturated rings. The van der Waals surface area contributed by atoms with Gasteiger partial charge in [-0.25, -0.2) is 0 Å². The van der Waals surface area contributed by atoms with Crippen molar-refractivity contribution in [1.82, 2.24) is 5.32 Å². The van der Waals surface area contributed by atoms with Crippen molar-refractivity contribution in [3.8, 4) is 0 Å². The SMILES string of the molecule is Cc1ccsc1CN[C@H]1CCC[C@@H](C)[C@H]1C. The Morgan fingerprint density at radius 3 is 2.88 bits per heavy atom. The van der Waals surface area contributed by atoms with Crippen LogP contribution in [0.2, 0.25) is 0 Å². The largest absolute Gasteiger partial charge is 0.309 e. The Hall–Kier alpha value is -0.340. The van der Waals surface area contributed by atoms with Gasteiger partial charge in [0, 0.05) is 17.5 Å². The van der Waals surface area contributed by atoms with Crippen LogP contribution in [0.15, 0.2) is 11.4 Å². The van der Waals surface area contributed by atoms with Crippen LogP contribution in [-0.2, 0) is 6.54 Å². The van der Waals surface area contributed by atoms with Crippen molar-refractivity contribution < 1.29 is 0 Å². The second-order valence-corrected chi connectivity index (χ2v) is 6.28. The summed E-state index contributed by atoms with van der Waals surface area (Å²) in [7, 11) is 0. The van der Waals surface area contributed by atoms with Crippen molar-refractivity contribution in [1.29, 1.82) is 0 Å². The molecular formula is C14H23NS. The predicted octanol–water partition coefficient (Wildman–Crippen LogP) is 3.97. The van der Waals surface area contributed by atoms with Crippen LogP contribution in [0.5, 0.6) is 0 Å². The first-order valence-electron chi connectivity index (χ1n) is 6.45. The number of rotatable bonds is 3. The van der Waals surface area contributed by atoms with E-state index in [0.29, 0.717) is 0 Å². The van der Waals surface area contributed by atoms with Crippen LogP contribution in [-0.4, -0.2) is 6.04 Å². The molecule has 1 aliphatic rings. The minimum Gasteiger partial charge on any atom is -0.309 e. The van der Waals surface area contributed by atoms with E-state index < -0.39 is 0 Å². The second-order valence-electron chi connectivity index (χ2n) is 5.28. The maximum atomic E-state index is 3.76. The summed E-state index contributed by atoms with van der Waals surface area (Å²) in [5.41, 5.74) is 1.44. The highest BCUT2D eigenvalue weighted by Crippen LogP contribution is 2.30. The number of thiophene rings is 1. The molecule has 1 saturated carbocycles. The molecule has 3 atom stereocenters. The summed E-state index contributed by atoms with van der Waals surface area (Å²) in [5.74, 6) is 1.71. The van der Waals surface area contributed by atoms with E-state index in [1.165, 1.54) is 29.7 Å². The summed E-state index contributed by atoms with van der Waals surface area (Å²) in [6.07, 6.45) is 4.17. The molecule has 0 radical (unpaired) electrons. The van der Waals surface area contributed by atoms with Gasteiger partial charge in [-0.1, -0.05) is 26.7 Å². The van der Waals surface area contributed by atoms with Gasteiger partial charge in [0.2, 0.25) is 0 Å². The van der Waals surface area contributed by atoms with E-state index in [0.717, 1.165) is 24.4 Å². The Bertz CT molecular complexity index is 331. The van der Waals surface area contributed by atoms with Crippen LogP contribution < -0.4 is 5.32 Å². The molecule has 90 valence electrons. The number of hydrogen-bond donors (Lipinski definition) is 1. The zero-order valence-corrected chi connectivity index (χ0v) is 11.4. The Balaban J connectivity index is 1.88. The van der Waals surface area contributed by atoms with E-state index in [2.05, 4.69) is 37.5 Å². The van der Waals surface area contributed by atoms with Gasteiger partial charge in [-0.3, -0.25) is 0 Å². The quantitative estimate of drug-likeness (QED) is 0.838. The average molecular weight is 237 g/mol. The fourth-order valence-corrected chi connectivity index (χ4v) is 3.54. The minimum absolute atomic E-state index is 0.727. The van der Waals surface area contributed by atoms with Crippen molar-refractivity contribution >= 4 is 11.3 Å². The summed E-state index contributed by atoms with van der Waals surface area (Å²) < 4.78 is 0. The molecule has 0 aliphatic heterocycles. The van der Waals surface area contributed by atoms with E-state index in [9.17, 15) is 0 Å². The van der Waals surface area contributed by atoms with E-state index in [1.54, 1.807) is 0 Å². The molecule has 1 aromatic rings. The fraction of sp³-hybridized carbons (Fsp3) is 0.714. The van der Waals surface area contributed by atoms with Gasteiger partial charge in [0.1, 0.15) is 0 Å². The summed E-state index contributed by atoms with van der Waals surface area (Å²) in [6.45, 7) is 8.07. The molecule has 0 bridgehead atoms. The molecule has 1 aliphatic carbocycles. The summed E-state index contributed by atoms with van der Waals surface area (Å²) >= 11 is 1.88. The molecule has 1 N–H and O–H groups in total. The lowest BCUT2D eigenvalue weighted by molar-refractivity contribution is 0.206. The molecule has 0 amide bonds. The minimum atomic E-state index is 0.727. The van der Waals surface area contributed by atoms with Crippen LogP contribution in [0.4, 0.5) is 0 Å². The van der Waals surface area contributed by atoms with Crippen LogP contribution in [0, 0.1) is 18.8 Å². The number of hydrogen-bond acceptors (Lipinski definition) is 2. The van der Waals surface area contributed by atoms with Crippen molar-refractivity contribution in [2.75, 3.05) is 0 Å². The molecule has 16 heavy (non-hydrogen) atoms. The third-order valence-corrected chi connectivity index (χ3v) is 5.22. The third-order valence-electron chi connectivity index (χ3n) is 4.20. The molecule has 1 aromatic heterocycles. The lowest BCUT2D eigenvalue weighted by Gasteiger charge is -2.34. The molecule has 1 nitrogen and oxygen atoms in total. The maximum absolute atomic E-state index is 3.76. The topological polar surface area (TPSA) is 12.0 Å². The van der Waals surface area contributed by atoms with Gasteiger partial charge >= 0.3 is 0 Å². The number of nitrogens with one attached hydrogen (secondary N) is 1. The van der Waals surface area contributed by atoms with Crippen LogP contribution in [0.3, 0.4) is 0 Å². The lowest BCUT2D eigenvalue weighted by atomic mass is 9.78. The summed E-state index contributed by atoms with van der Waals surface area (Å²) in [4.78, 5) is 1.51. The molecule has 2 heteroatoms. The van der Waals surface area contributed by atoms with Gasteiger partial charge < -0.3 is 5.32 Å². The van der Waals surface area contributed by atoms with E-state index in [-0.39, 0.29) is 0 Å². The first kappa shape index (κ1) is 12.1. The monoisotopic (exact) mass is 237 g/mol. The normalized spacial score (nSPS) is 30.6. The Kier molecular flexibility index (Phi) is 4.04. The van der Waals surface area contributed by atoms with E-state index in [4.69, 9.17) is 0 Å². The first-order chi connectivity index (χ1) is 7.68. The highest BCUT2D eigenvalue weighted by Gasteiger charge is 2.26. The van der Waals surface area contributed by atoms with Gasteiger partial charge in [0.25, 0.3) is 0 Å². The molecular weight excluding hydrogens is 214 g/mol. The summed E-state index contributed by atoms with van der Waals surface area (Å²) in [6, 6.07) is 2.94. The van der Waals surface area contributed by atoms with Crippen LogP contribution in [0.25, 0.3) is 0 Å². The lowest BCUT2D eigenvalue weighted by Crippen LogP contribution is -2.40. The third kappa shape index (κ3) is 2.67. The average Bonchev–Trinajstić information content (AvgIpc) is 2.67. The Morgan fingerprint density at radius 2 is 2.19 bits per heavy atom. The van der Waals surface area contributed by atoms with Gasteiger partial charge in [-0.05, 0) is 42.2 Å². The van der Waals surface area contributed by atoms with Gasteiger partial charge in [0.15, 0.2) is 0 Å². The van der Waals surface area contributed by atoms with E-state index >= 15 is 0 Å². The van der Waals surface area contributed by atoms with E-state index in [1.807, 2.05) is 11.3 Å². The first-order valence-corrected chi connectivity index (χ1v) is 7.33. The zero-order valence-electron chi connectivity index (χ0n) is 10.6. The fourth-order valence-electron chi connectivity index (χ4n) is 2.68. The summed E-state index contributed by atoms with van der Waals surface area (Å²) in [5, 5.41) is 5.95. The Morgan fingerprint density at radius 1 is 1.38 bits per heavy atom. The van der Waals surface area contributed by atoms with Crippen molar-refractivity contribution in [3.63, 3.8) is 0 Å². The molecule has 1 heterocycles. The van der Waals surface area contributed by atoms with Crippen molar-refractivity contribution in [2.24, 2.45) is 11.8 Å². The highest BCUT2D eigenvalue weighted by atomic mass is 32.1. The smallest absolute Gasteiger partial charge is 0.0305 e. The molecule has 0 aromatic carbocycles. The van der Waals surface area contributed by atoms with Gasteiger partial charge in [0.05, 0.1) is 0 Å².